The van der Waals surface area contributed by atoms with Crippen LogP contribution in [-0.2, 0) is 13.2 Å². The first-order valence-electron chi connectivity index (χ1n) is 7.44. The second kappa shape index (κ2) is 5.74. The van der Waals surface area contributed by atoms with Crippen LogP contribution >= 0.6 is 0 Å². The molecule has 0 bridgehead atoms. The quantitative estimate of drug-likeness (QED) is 0.780. The number of aliphatic hydroxyl groups excluding tert-OH is 1. The molecule has 21 heavy (non-hydrogen) atoms. The van der Waals surface area contributed by atoms with Crippen LogP contribution in [0.3, 0.4) is 0 Å². The third-order valence-corrected chi connectivity index (χ3v) is 4.08. The number of hydrogen-bond donors (Lipinski definition) is 1. The SMILES string of the molecule is CCC(C)n1ccc(Cn2cc(CO)c3ccccc32)n1. The molecule has 2 heterocycles. The van der Waals surface area contributed by atoms with E-state index < -0.39 is 0 Å². The summed E-state index contributed by atoms with van der Waals surface area (Å²) in [7, 11) is 0. The number of aromatic nitrogens is 3. The topological polar surface area (TPSA) is 43.0 Å². The van der Waals surface area contributed by atoms with Crippen molar-refractivity contribution in [1.82, 2.24) is 14.3 Å². The van der Waals surface area contributed by atoms with Crippen molar-refractivity contribution < 1.29 is 5.11 Å². The fourth-order valence-electron chi connectivity index (χ4n) is 2.65. The van der Waals surface area contributed by atoms with E-state index in [4.69, 9.17) is 0 Å². The summed E-state index contributed by atoms with van der Waals surface area (Å²) in [6.45, 7) is 5.13. The third kappa shape index (κ3) is 2.59. The smallest absolute Gasteiger partial charge is 0.0821 e. The fourth-order valence-corrected chi connectivity index (χ4v) is 2.65. The van der Waals surface area contributed by atoms with E-state index in [0.29, 0.717) is 6.04 Å². The minimum Gasteiger partial charge on any atom is -0.392 e. The zero-order chi connectivity index (χ0) is 14.8. The molecule has 110 valence electrons. The lowest BCUT2D eigenvalue weighted by molar-refractivity contribution is 0.283. The van der Waals surface area contributed by atoms with Crippen molar-refractivity contribution >= 4 is 10.9 Å². The van der Waals surface area contributed by atoms with Crippen molar-refractivity contribution in [1.29, 1.82) is 0 Å². The number of benzene rings is 1. The van der Waals surface area contributed by atoms with E-state index in [1.807, 2.05) is 29.2 Å². The summed E-state index contributed by atoms with van der Waals surface area (Å²) >= 11 is 0. The lowest BCUT2D eigenvalue weighted by Gasteiger charge is -2.08. The average molecular weight is 283 g/mol. The monoisotopic (exact) mass is 283 g/mol. The molecule has 1 unspecified atom stereocenters. The van der Waals surface area contributed by atoms with E-state index in [0.717, 1.165) is 35.1 Å². The molecule has 2 aromatic heterocycles. The molecule has 0 aliphatic carbocycles. The Hall–Kier alpha value is -2.07. The van der Waals surface area contributed by atoms with E-state index in [2.05, 4.69) is 41.7 Å². The van der Waals surface area contributed by atoms with Crippen LogP contribution in [0.25, 0.3) is 10.9 Å². The van der Waals surface area contributed by atoms with Gasteiger partial charge in [0.25, 0.3) is 0 Å². The Morgan fingerprint density at radius 3 is 2.81 bits per heavy atom. The van der Waals surface area contributed by atoms with Gasteiger partial charge >= 0.3 is 0 Å². The number of nitrogens with zero attached hydrogens (tertiary/aromatic N) is 3. The van der Waals surface area contributed by atoms with Crippen molar-refractivity contribution in [3.8, 4) is 0 Å². The number of para-hydroxylation sites is 1. The van der Waals surface area contributed by atoms with Crippen LogP contribution in [0.15, 0.2) is 42.7 Å². The number of hydrogen-bond acceptors (Lipinski definition) is 2. The van der Waals surface area contributed by atoms with E-state index in [1.165, 1.54) is 0 Å². The summed E-state index contributed by atoms with van der Waals surface area (Å²) in [5, 5.41) is 15.3. The Kier molecular flexibility index (Phi) is 3.80. The van der Waals surface area contributed by atoms with E-state index in [9.17, 15) is 5.11 Å². The summed E-state index contributed by atoms with van der Waals surface area (Å²) < 4.78 is 4.18. The Bertz CT molecular complexity index is 741. The second-order valence-electron chi connectivity index (χ2n) is 5.50. The lowest BCUT2D eigenvalue weighted by Crippen LogP contribution is -2.06. The summed E-state index contributed by atoms with van der Waals surface area (Å²) in [4.78, 5) is 0. The fraction of sp³-hybridized carbons (Fsp3) is 0.353. The van der Waals surface area contributed by atoms with Crippen LogP contribution in [0.2, 0.25) is 0 Å². The van der Waals surface area contributed by atoms with Crippen molar-refractivity contribution in [2.24, 2.45) is 0 Å². The predicted molar refractivity (Wildman–Crippen MR) is 84.2 cm³/mol. The highest BCUT2D eigenvalue weighted by Gasteiger charge is 2.10. The van der Waals surface area contributed by atoms with Gasteiger partial charge in [-0.1, -0.05) is 25.1 Å². The molecule has 0 aliphatic heterocycles. The molecule has 1 aromatic carbocycles. The van der Waals surface area contributed by atoms with Gasteiger partial charge in [-0.2, -0.15) is 5.10 Å². The second-order valence-corrected chi connectivity index (χ2v) is 5.50. The largest absolute Gasteiger partial charge is 0.392 e. The van der Waals surface area contributed by atoms with Crippen LogP contribution in [0, 0.1) is 0 Å². The van der Waals surface area contributed by atoms with Crippen molar-refractivity contribution in [2.45, 2.75) is 39.5 Å². The Balaban J connectivity index is 1.93. The lowest BCUT2D eigenvalue weighted by atomic mass is 10.2. The van der Waals surface area contributed by atoms with E-state index in [1.54, 1.807) is 0 Å². The van der Waals surface area contributed by atoms with Crippen molar-refractivity contribution in [2.75, 3.05) is 0 Å². The number of aliphatic hydroxyl groups is 1. The summed E-state index contributed by atoms with van der Waals surface area (Å²) in [5.74, 6) is 0. The maximum absolute atomic E-state index is 9.49. The minimum atomic E-state index is 0.0643. The highest BCUT2D eigenvalue weighted by molar-refractivity contribution is 5.83. The molecule has 0 amide bonds. The van der Waals surface area contributed by atoms with Crippen molar-refractivity contribution in [3.05, 3.63) is 54.0 Å². The Morgan fingerprint density at radius 1 is 1.24 bits per heavy atom. The van der Waals surface area contributed by atoms with Gasteiger partial charge in [-0.15, -0.1) is 0 Å². The van der Waals surface area contributed by atoms with Crippen LogP contribution in [0.4, 0.5) is 0 Å². The average Bonchev–Trinajstić information content (AvgIpc) is 3.12. The number of rotatable bonds is 5. The zero-order valence-corrected chi connectivity index (χ0v) is 12.5. The van der Waals surface area contributed by atoms with E-state index in [-0.39, 0.29) is 6.61 Å². The normalized spacial score (nSPS) is 12.9. The van der Waals surface area contributed by atoms with Crippen LogP contribution in [0.5, 0.6) is 0 Å². The van der Waals surface area contributed by atoms with Gasteiger partial charge in [0.05, 0.1) is 18.8 Å². The van der Waals surface area contributed by atoms with Crippen LogP contribution < -0.4 is 0 Å². The molecule has 0 saturated heterocycles. The molecular formula is C17H21N3O. The van der Waals surface area contributed by atoms with E-state index >= 15 is 0 Å². The molecule has 0 spiro atoms. The third-order valence-electron chi connectivity index (χ3n) is 4.08. The first kappa shape index (κ1) is 13.9. The molecule has 1 N–H and O–H groups in total. The molecule has 0 saturated carbocycles. The molecule has 0 aliphatic rings. The Labute approximate surface area is 124 Å². The molecule has 0 fully saturated rings. The van der Waals surface area contributed by atoms with Gasteiger partial charge in [-0.3, -0.25) is 4.68 Å². The molecule has 4 nitrogen and oxygen atoms in total. The van der Waals surface area contributed by atoms with Gasteiger partial charge < -0.3 is 9.67 Å². The van der Waals surface area contributed by atoms with Gasteiger partial charge in [0.15, 0.2) is 0 Å². The molecule has 4 heteroatoms. The summed E-state index contributed by atoms with van der Waals surface area (Å²) in [6, 6.07) is 10.7. The maximum atomic E-state index is 9.49. The summed E-state index contributed by atoms with van der Waals surface area (Å²) in [6.07, 6.45) is 5.14. The Morgan fingerprint density at radius 2 is 2.05 bits per heavy atom. The maximum Gasteiger partial charge on any atom is 0.0821 e. The van der Waals surface area contributed by atoms with Gasteiger partial charge in [-0.25, -0.2) is 0 Å². The standard InChI is InChI=1S/C17H21N3O/c1-3-13(2)20-9-8-15(18-20)11-19-10-14(12-21)16-6-4-5-7-17(16)19/h4-10,13,21H,3,11-12H2,1-2H3. The van der Waals surface area contributed by atoms with Gasteiger partial charge in [0.1, 0.15) is 0 Å². The first-order valence-corrected chi connectivity index (χ1v) is 7.44. The number of fused-ring (bicyclic) bond motifs is 1. The molecule has 1 atom stereocenters. The van der Waals surface area contributed by atoms with Gasteiger partial charge in [0, 0.05) is 34.9 Å². The molecule has 3 rings (SSSR count). The highest BCUT2D eigenvalue weighted by atomic mass is 16.3. The first-order chi connectivity index (χ1) is 10.2. The minimum absolute atomic E-state index is 0.0643. The van der Waals surface area contributed by atoms with Gasteiger partial charge in [0.2, 0.25) is 0 Å². The highest BCUT2D eigenvalue weighted by Crippen LogP contribution is 2.22. The van der Waals surface area contributed by atoms with Crippen LogP contribution in [0.1, 0.15) is 37.6 Å². The van der Waals surface area contributed by atoms with Crippen LogP contribution in [-0.4, -0.2) is 19.5 Å². The van der Waals surface area contributed by atoms with Crippen molar-refractivity contribution in [3.63, 3.8) is 0 Å². The summed E-state index contributed by atoms with van der Waals surface area (Å²) in [5.41, 5.74) is 3.15. The molecule has 0 radical (unpaired) electrons. The molecule has 3 aromatic rings. The zero-order valence-electron chi connectivity index (χ0n) is 12.5. The van der Waals surface area contributed by atoms with Gasteiger partial charge in [-0.05, 0) is 25.5 Å². The predicted octanol–water partition coefficient (Wildman–Crippen LogP) is 3.35. The molecular weight excluding hydrogens is 262 g/mol.